The first-order valence-corrected chi connectivity index (χ1v) is 3.38. The van der Waals surface area contributed by atoms with E-state index in [1.807, 2.05) is 39.0 Å². The van der Waals surface area contributed by atoms with Gasteiger partial charge in [-0.05, 0) is 32.4 Å². The molecule has 0 aromatic heterocycles. The highest BCUT2D eigenvalue weighted by Crippen LogP contribution is 1.93. The van der Waals surface area contributed by atoms with Crippen molar-refractivity contribution in [3.05, 3.63) is 41.7 Å². The fraction of sp³-hybridized carbons (Fsp3) is 0.300. The summed E-state index contributed by atoms with van der Waals surface area (Å²) >= 11 is 0. The summed E-state index contributed by atoms with van der Waals surface area (Å²) in [6, 6.07) is 0. The second-order valence-electron chi connectivity index (χ2n) is 2.32. The molecule has 0 aliphatic rings. The zero-order valence-electron chi connectivity index (χ0n) is 6.94. The number of hydrogen-bond donors (Lipinski definition) is 0. The molecule has 0 spiro atoms. The van der Waals surface area contributed by atoms with Gasteiger partial charge in [0.2, 0.25) is 0 Å². The Labute approximate surface area is 63.3 Å². The molecule has 0 N–H and O–H groups in total. The molecule has 0 saturated heterocycles. The minimum atomic E-state index is 1.03. The molecule has 0 aliphatic carbocycles. The fourth-order valence-corrected chi connectivity index (χ4v) is 0.535. The van der Waals surface area contributed by atoms with E-state index in [9.17, 15) is 0 Å². The molecule has 0 saturated carbocycles. The minimum absolute atomic E-state index is 1.03. The van der Waals surface area contributed by atoms with E-state index in [0.717, 1.165) is 11.1 Å². The minimum Gasteiger partial charge on any atom is -0.117 e. The fourth-order valence-electron chi connectivity index (χ4n) is 0.535. The zero-order chi connectivity index (χ0) is 7.98. The van der Waals surface area contributed by atoms with Crippen LogP contribution in [0.4, 0.5) is 0 Å². The Hall–Kier alpha value is -1.00. The topological polar surface area (TPSA) is 0 Å². The molecular weight excluding hydrogens is 120 g/mol. The molecule has 0 nitrogen and oxygen atoms in total. The lowest BCUT2D eigenvalue weighted by molar-refractivity contribution is 1.50. The van der Waals surface area contributed by atoms with Crippen molar-refractivity contribution in [1.82, 2.24) is 0 Å². The van der Waals surface area contributed by atoms with E-state index in [1.165, 1.54) is 0 Å². The Kier molecular flexibility index (Phi) is 4.36. The lowest BCUT2D eigenvalue weighted by atomic mass is 10.2. The molecule has 0 heteroatoms. The SMILES string of the molecule is C=C(C)C=C=C(C)C=CC. The lowest BCUT2D eigenvalue weighted by Crippen LogP contribution is -1.62. The van der Waals surface area contributed by atoms with Crippen molar-refractivity contribution in [2.45, 2.75) is 20.8 Å². The molecule has 0 aromatic rings. The molecule has 0 aliphatic heterocycles. The van der Waals surface area contributed by atoms with E-state index in [0.29, 0.717) is 0 Å². The molecule has 0 radical (unpaired) electrons. The van der Waals surface area contributed by atoms with E-state index in [1.54, 1.807) is 0 Å². The van der Waals surface area contributed by atoms with Gasteiger partial charge in [0.25, 0.3) is 0 Å². The molecule has 0 amide bonds. The molecule has 0 bridgehead atoms. The summed E-state index contributed by atoms with van der Waals surface area (Å²) in [4.78, 5) is 0. The van der Waals surface area contributed by atoms with Gasteiger partial charge in [-0.15, -0.1) is 5.73 Å². The zero-order valence-corrected chi connectivity index (χ0v) is 6.94. The Morgan fingerprint density at radius 1 is 1.40 bits per heavy atom. The van der Waals surface area contributed by atoms with Gasteiger partial charge in [-0.1, -0.05) is 24.3 Å². The molecule has 0 heterocycles. The van der Waals surface area contributed by atoms with Crippen LogP contribution in [-0.4, -0.2) is 0 Å². The van der Waals surface area contributed by atoms with Crippen molar-refractivity contribution in [1.29, 1.82) is 0 Å². The highest BCUT2D eigenvalue weighted by atomic mass is 13.8. The third kappa shape index (κ3) is 5.14. The summed E-state index contributed by atoms with van der Waals surface area (Å²) in [7, 11) is 0. The van der Waals surface area contributed by atoms with Crippen molar-refractivity contribution in [3.63, 3.8) is 0 Å². The van der Waals surface area contributed by atoms with Gasteiger partial charge in [-0.25, -0.2) is 0 Å². The summed E-state index contributed by atoms with van der Waals surface area (Å²) in [5.41, 5.74) is 5.25. The smallest absolute Gasteiger partial charge is 0.00946 e. The van der Waals surface area contributed by atoms with Gasteiger partial charge in [0.05, 0.1) is 0 Å². The van der Waals surface area contributed by atoms with Crippen LogP contribution in [0.3, 0.4) is 0 Å². The van der Waals surface area contributed by atoms with Crippen LogP contribution in [0.1, 0.15) is 20.8 Å². The van der Waals surface area contributed by atoms with Crippen molar-refractivity contribution < 1.29 is 0 Å². The Bertz CT molecular complexity index is 198. The summed E-state index contributed by atoms with van der Waals surface area (Å²) < 4.78 is 0. The van der Waals surface area contributed by atoms with Gasteiger partial charge >= 0.3 is 0 Å². The van der Waals surface area contributed by atoms with Gasteiger partial charge in [-0.2, -0.15) is 0 Å². The van der Waals surface area contributed by atoms with Crippen LogP contribution in [0.15, 0.2) is 41.7 Å². The maximum Gasteiger partial charge on any atom is -0.00946 e. The van der Waals surface area contributed by atoms with Gasteiger partial charge < -0.3 is 0 Å². The molecule has 0 aromatic carbocycles. The van der Waals surface area contributed by atoms with Crippen LogP contribution in [0.2, 0.25) is 0 Å². The first kappa shape index (κ1) is 9.00. The normalized spacial score (nSPS) is 9.10. The van der Waals surface area contributed by atoms with E-state index >= 15 is 0 Å². The summed E-state index contributed by atoms with van der Waals surface area (Å²) in [5, 5.41) is 0. The van der Waals surface area contributed by atoms with Gasteiger partial charge in [0.1, 0.15) is 0 Å². The second kappa shape index (κ2) is 4.84. The van der Waals surface area contributed by atoms with Crippen LogP contribution < -0.4 is 0 Å². The Balaban J connectivity index is 4.28. The number of allylic oxidation sites excluding steroid dienone is 4. The van der Waals surface area contributed by atoms with Crippen molar-refractivity contribution in [2.75, 3.05) is 0 Å². The Morgan fingerprint density at radius 3 is 2.40 bits per heavy atom. The van der Waals surface area contributed by atoms with Gasteiger partial charge in [0, 0.05) is 0 Å². The molecule has 0 unspecified atom stereocenters. The predicted molar refractivity (Wildman–Crippen MR) is 46.9 cm³/mol. The van der Waals surface area contributed by atoms with E-state index < -0.39 is 0 Å². The van der Waals surface area contributed by atoms with Crippen molar-refractivity contribution >= 4 is 0 Å². The van der Waals surface area contributed by atoms with Crippen LogP contribution in [-0.2, 0) is 0 Å². The molecule has 0 atom stereocenters. The standard InChI is InChI=1S/C10H14/c1-5-6-10(4)8-7-9(2)3/h5-7H,2H2,1,3-4H3. The molecule has 0 fully saturated rings. The largest absolute Gasteiger partial charge is 0.117 e. The summed E-state index contributed by atoms with van der Waals surface area (Å²) in [6.45, 7) is 9.69. The highest BCUT2D eigenvalue weighted by Gasteiger charge is 1.73. The van der Waals surface area contributed by atoms with Crippen LogP contribution >= 0.6 is 0 Å². The van der Waals surface area contributed by atoms with Crippen LogP contribution in [0.25, 0.3) is 0 Å². The molecule has 0 rings (SSSR count). The van der Waals surface area contributed by atoms with E-state index in [2.05, 4.69) is 12.3 Å². The molecular formula is C10H14. The quantitative estimate of drug-likeness (QED) is 0.401. The first-order valence-electron chi connectivity index (χ1n) is 3.38. The summed E-state index contributed by atoms with van der Waals surface area (Å²) in [6.07, 6.45) is 5.89. The van der Waals surface area contributed by atoms with Gasteiger partial charge in [0.15, 0.2) is 0 Å². The lowest BCUT2D eigenvalue weighted by Gasteiger charge is -1.82. The average molecular weight is 134 g/mol. The maximum absolute atomic E-state index is 3.73. The predicted octanol–water partition coefficient (Wildman–Crippen LogP) is 3.24. The van der Waals surface area contributed by atoms with Crippen molar-refractivity contribution in [3.8, 4) is 0 Å². The van der Waals surface area contributed by atoms with Crippen LogP contribution in [0.5, 0.6) is 0 Å². The van der Waals surface area contributed by atoms with E-state index in [-0.39, 0.29) is 0 Å². The summed E-state index contributed by atoms with van der Waals surface area (Å²) in [5.74, 6) is 0. The second-order valence-corrected chi connectivity index (χ2v) is 2.32. The van der Waals surface area contributed by atoms with Crippen LogP contribution in [0, 0.1) is 0 Å². The monoisotopic (exact) mass is 134 g/mol. The van der Waals surface area contributed by atoms with Crippen molar-refractivity contribution in [2.24, 2.45) is 0 Å². The molecule has 10 heavy (non-hydrogen) atoms. The Morgan fingerprint density at radius 2 is 2.00 bits per heavy atom. The average Bonchev–Trinajstić information content (AvgIpc) is 1.85. The third-order valence-corrected chi connectivity index (χ3v) is 0.963. The van der Waals surface area contributed by atoms with Gasteiger partial charge in [-0.3, -0.25) is 0 Å². The number of rotatable bonds is 2. The molecule has 54 valence electrons. The third-order valence-electron chi connectivity index (χ3n) is 0.963. The van der Waals surface area contributed by atoms with E-state index in [4.69, 9.17) is 0 Å². The first-order chi connectivity index (χ1) is 4.66. The maximum atomic E-state index is 3.73. The highest BCUT2D eigenvalue weighted by molar-refractivity contribution is 5.19. The number of hydrogen-bond acceptors (Lipinski definition) is 0.